The van der Waals surface area contributed by atoms with Gasteiger partial charge >= 0.3 is 0 Å². The van der Waals surface area contributed by atoms with E-state index in [2.05, 4.69) is 27.7 Å². The fraction of sp³-hybridized carbons (Fsp3) is 1.00. The third-order valence-electron chi connectivity index (χ3n) is 11.0. The van der Waals surface area contributed by atoms with Gasteiger partial charge in [-0.15, -0.1) is 0 Å². The fourth-order valence-corrected chi connectivity index (χ4v) is 9.70. The first kappa shape index (κ1) is 25.0. The third kappa shape index (κ3) is 4.22. The zero-order valence-corrected chi connectivity index (χ0v) is 22.3. The zero-order chi connectivity index (χ0) is 23.6. The van der Waals surface area contributed by atoms with Gasteiger partial charge in [0, 0.05) is 12.1 Å². The molecule has 3 nitrogen and oxygen atoms in total. The maximum atomic E-state index is 8.52. The van der Waals surface area contributed by atoms with E-state index >= 15 is 0 Å². The first-order chi connectivity index (χ1) is 14.7. The van der Waals surface area contributed by atoms with E-state index in [1.165, 1.54) is 70.6 Å². The van der Waals surface area contributed by atoms with Crippen LogP contribution in [0.3, 0.4) is 0 Å². The molecule has 32 heavy (non-hydrogen) atoms. The molecule has 0 bridgehead atoms. The molecular weight excluding hydrogens is 394 g/mol. The Morgan fingerprint density at radius 2 is 1.34 bits per heavy atom. The van der Waals surface area contributed by atoms with Gasteiger partial charge in [-0.25, -0.2) is 0 Å². The van der Waals surface area contributed by atoms with Gasteiger partial charge in [0.1, 0.15) is 0 Å². The van der Waals surface area contributed by atoms with Crippen LogP contribution in [0.15, 0.2) is 0 Å². The first-order valence-corrected chi connectivity index (χ1v) is 13.9. The van der Waals surface area contributed by atoms with Gasteiger partial charge in [0.05, 0.1) is 11.2 Å². The summed E-state index contributed by atoms with van der Waals surface area (Å²) in [6.45, 7) is 16.3. The van der Waals surface area contributed by atoms with E-state index in [0.29, 0.717) is 10.8 Å². The number of hydrogen-bond acceptors (Lipinski definition) is 3. The largest absolute Gasteiger partial charge is 0.391 e. The number of rotatable bonds is 1. The second-order valence-electron chi connectivity index (χ2n) is 14.6. The van der Waals surface area contributed by atoms with Crippen LogP contribution in [0.25, 0.3) is 0 Å². The van der Waals surface area contributed by atoms with Crippen LogP contribution in [-0.4, -0.2) is 28.5 Å². The third-order valence-corrected chi connectivity index (χ3v) is 11.0. The molecule has 5 fully saturated rings. The summed E-state index contributed by atoms with van der Waals surface area (Å²) in [7, 11) is 0. The summed E-state index contributed by atoms with van der Waals surface area (Å²) in [4.78, 5) is 0. The minimum atomic E-state index is -0.500. The molecule has 5 rings (SSSR count). The molecule has 0 spiro atoms. The maximum absolute atomic E-state index is 8.52. The lowest BCUT2D eigenvalue weighted by molar-refractivity contribution is -0.131. The van der Waals surface area contributed by atoms with E-state index in [0.717, 1.165) is 36.2 Å². The first-order valence-electron chi connectivity index (χ1n) is 13.9. The highest BCUT2D eigenvalue weighted by atomic mass is 16.5. The molecule has 1 aliphatic heterocycles. The smallest absolute Gasteiger partial charge is 0.0686 e. The van der Waals surface area contributed by atoms with E-state index in [4.69, 9.17) is 15.6 Å². The average molecular weight is 448 g/mol. The Hall–Kier alpha value is -0.120. The normalized spacial score (nSPS) is 50.0. The fourth-order valence-electron chi connectivity index (χ4n) is 9.70. The molecule has 4 aliphatic carbocycles. The van der Waals surface area contributed by atoms with Crippen molar-refractivity contribution in [2.24, 2.45) is 46.2 Å². The van der Waals surface area contributed by atoms with Gasteiger partial charge in [0.15, 0.2) is 0 Å². The highest BCUT2D eigenvalue weighted by Gasteiger charge is 2.64. The van der Waals surface area contributed by atoms with Crippen LogP contribution in [0.4, 0.5) is 0 Å². The summed E-state index contributed by atoms with van der Waals surface area (Å²) >= 11 is 0. The highest BCUT2D eigenvalue weighted by Crippen LogP contribution is 2.68. The molecule has 8 atom stereocenters. The van der Waals surface area contributed by atoms with Gasteiger partial charge in [0.2, 0.25) is 0 Å². The summed E-state index contributed by atoms with van der Waals surface area (Å²) < 4.78 is 6.36. The maximum Gasteiger partial charge on any atom is 0.0686 e. The zero-order valence-electron chi connectivity index (χ0n) is 22.3. The van der Waals surface area contributed by atoms with E-state index in [1.54, 1.807) is 20.8 Å². The van der Waals surface area contributed by atoms with Crippen molar-refractivity contribution in [1.29, 1.82) is 0 Å². The molecule has 1 saturated heterocycles. The van der Waals surface area contributed by atoms with Gasteiger partial charge in [-0.2, -0.15) is 0 Å². The number of hydrogen-bond donors (Lipinski definition) is 2. The van der Waals surface area contributed by atoms with Crippen LogP contribution in [0.1, 0.15) is 119 Å². The number of ether oxygens (including phenoxy) is 1. The lowest BCUT2D eigenvalue weighted by Crippen LogP contribution is -2.66. The Kier molecular flexibility index (Phi) is 6.43. The molecule has 3 heteroatoms. The Bertz CT molecular complexity index is 669. The van der Waals surface area contributed by atoms with Crippen molar-refractivity contribution >= 4 is 0 Å². The van der Waals surface area contributed by atoms with Crippen molar-refractivity contribution in [1.82, 2.24) is 0 Å². The monoisotopic (exact) mass is 447 g/mol. The van der Waals surface area contributed by atoms with Crippen molar-refractivity contribution in [3.63, 3.8) is 0 Å². The molecule has 0 aromatic heterocycles. The molecule has 0 radical (unpaired) electrons. The van der Waals surface area contributed by atoms with E-state index in [1.807, 2.05) is 0 Å². The summed E-state index contributed by atoms with van der Waals surface area (Å²) in [5.74, 6) is 4.04. The standard InChI is InChI=1S/C25H43NO.C4H10O/c1-22(2)12-5-14-25(26)20-8-7-17-19(24(4)13-6-16-27-24)11-15-23(17,3)18(20)9-10-21(22)25;1-4(2,3)5/h17-21H,5-16,26H2,1-4H3;5H,1-3H3/t17?,18?,19?,20?,21?,23-,24-,25+;/m1./s1. The Morgan fingerprint density at radius 3 is 1.97 bits per heavy atom. The Morgan fingerprint density at radius 1 is 0.750 bits per heavy atom. The van der Waals surface area contributed by atoms with Crippen molar-refractivity contribution < 1.29 is 9.84 Å². The molecule has 3 N–H and O–H groups in total. The quantitative estimate of drug-likeness (QED) is 0.470. The Labute approximate surface area is 198 Å². The van der Waals surface area contributed by atoms with Gasteiger partial charge in [-0.1, -0.05) is 27.2 Å². The van der Waals surface area contributed by atoms with Gasteiger partial charge in [-0.3, -0.25) is 0 Å². The van der Waals surface area contributed by atoms with Gasteiger partial charge < -0.3 is 15.6 Å². The Balaban J connectivity index is 0.000000444. The summed E-state index contributed by atoms with van der Waals surface area (Å²) in [5, 5.41) is 8.52. The second kappa shape index (κ2) is 8.23. The highest BCUT2D eigenvalue weighted by molar-refractivity contribution is 5.16. The number of fused-ring (bicyclic) bond motifs is 5. The summed E-state index contributed by atoms with van der Waals surface area (Å²) in [6.07, 6.45) is 15.0. The molecule has 0 amide bonds. The minimum absolute atomic E-state index is 0.116. The van der Waals surface area contributed by atoms with E-state index < -0.39 is 5.60 Å². The topological polar surface area (TPSA) is 55.5 Å². The van der Waals surface area contributed by atoms with Crippen LogP contribution >= 0.6 is 0 Å². The number of aliphatic hydroxyl groups is 1. The minimum Gasteiger partial charge on any atom is -0.391 e. The van der Waals surface area contributed by atoms with Crippen LogP contribution in [0, 0.1) is 40.4 Å². The van der Waals surface area contributed by atoms with Crippen molar-refractivity contribution in [3.05, 3.63) is 0 Å². The lowest BCUT2D eigenvalue weighted by atomic mass is 9.43. The molecule has 0 aromatic rings. The van der Waals surface area contributed by atoms with Crippen molar-refractivity contribution in [3.8, 4) is 0 Å². The molecule has 0 aromatic carbocycles. The summed E-state index contributed by atoms with van der Waals surface area (Å²) in [5.41, 5.74) is 8.14. The number of nitrogens with two attached hydrogens (primary N) is 1. The van der Waals surface area contributed by atoms with Crippen molar-refractivity contribution in [2.75, 3.05) is 6.61 Å². The molecular formula is C29H53NO2. The molecule has 4 saturated carbocycles. The molecule has 186 valence electrons. The van der Waals surface area contributed by atoms with Crippen LogP contribution < -0.4 is 5.73 Å². The molecule has 5 aliphatic rings. The van der Waals surface area contributed by atoms with Gasteiger partial charge in [0.25, 0.3) is 0 Å². The average Bonchev–Trinajstić information content (AvgIpc) is 3.24. The van der Waals surface area contributed by atoms with E-state index in [-0.39, 0.29) is 11.1 Å². The summed E-state index contributed by atoms with van der Waals surface area (Å²) in [6, 6.07) is 0. The predicted octanol–water partition coefficient (Wildman–Crippen LogP) is 6.71. The van der Waals surface area contributed by atoms with Crippen molar-refractivity contribution in [2.45, 2.75) is 136 Å². The SMILES string of the molecule is CC(C)(C)O.CC1(C)CCC[C@]2(N)C3CCC4C([C@@]5(C)CCCO5)CC[C@@]4(C)C3CCC12. The second-order valence-corrected chi connectivity index (χ2v) is 14.6. The molecule has 1 heterocycles. The molecule has 5 unspecified atom stereocenters. The van der Waals surface area contributed by atoms with Gasteiger partial charge in [-0.05, 0) is 132 Å². The lowest BCUT2D eigenvalue weighted by Gasteiger charge is -2.64. The predicted molar refractivity (Wildman–Crippen MR) is 133 cm³/mol. The van der Waals surface area contributed by atoms with Crippen LogP contribution in [-0.2, 0) is 4.74 Å². The van der Waals surface area contributed by atoms with Crippen LogP contribution in [0.2, 0.25) is 0 Å². The van der Waals surface area contributed by atoms with Crippen LogP contribution in [0.5, 0.6) is 0 Å². The van der Waals surface area contributed by atoms with E-state index in [9.17, 15) is 0 Å².